The minimum absolute atomic E-state index is 0.0495. The maximum atomic E-state index is 13.0. The lowest BCUT2D eigenvalue weighted by atomic mass is 10.1. The second-order valence-corrected chi connectivity index (χ2v) is 7.00. The van der Waals surface area contributed by atoms with E-state index < -0.39 is 0 Å². The number of ether oxygens (including phenoxy) is 3. The first-order valence-corrected chi connectivity index (χ1v) is 9.87. The van der Waals surface area contributed by atoms with E-state index in [0.717, 1.165) is 30.6 Å². The number of para-hydroxylation sites is 1. The molecule has 30 heavy (non-hydrogen) atoms. The molecule has 1 saturated heterocycles. The maximum Gasteiger partial charge on any atom is 0.256 e. The van der Waals surface area contributed by atoms with Crippen LogP contribution in [0.2, 0.25) is 0 Å². The van der Waals surface area contributed by atoms with E-state index in [2.05, 4.69) is 10.3 Å². The summed E-state index contributed by atoms with van der Waals surface area (Å²) in [6.07, 6.45) is 2.01. The maximum absolute atomic E-state index is 13.0. The molecule has 1 aliphatic heterocycles. The zero-order chi connectivity index (χ0) is 20.9. The lowest BCUT2D eigenvalue weighted by Gasteiger charge is -2.12. The molecule has 1 fully saturated rings. The molecule has 0 aliphatic carbocycles. The van der Waals surface area contributed by atoms with Gasteiger partial charge < -0.3 is 23.9 Å². The monoisotopic (exact) mass is 408 g/mol. The molecule has 3 aromatic rings. The smallest absolute Gasteiger partial charge is 0.256 e. The molecular formula is C23H24N2O5. The molecule has 0 radical (unpaired) electrons. The number of fused-ring (bicyclic) bond motifs is 1. The van der Waals surface area contributed by atoms with Gasteiger partial charge in [-0.05, 0) is 49.2 Å². The van der Waals surface area contributed by atoms with Crippen LogP contribution in [0.4, 0.5) is 5.69 Å². The Morgan fingerprint density at radius 2 is 2.00 bits per heavy atom. The normalized spacial score (nSPS) is 16.6. The van der Waals surface area contributed by atoms with Crippen molar-refractivity contribution >= 4 is 22.6 Å². The van der Waals surface area contributed by atoms with E-state index in [4.69, 9.17) is 18.6 Å². The molecule has 0 saturated carbocycles. The van der Waals surface area contributed by atoms with E-state index in [9.17, 15) is 4.79 Å². The summed E-state index contributed by atoms with van der Waals surface area (Å²) >= 11 is 0. The van der Waals surface area contributed by atoms with Crippen LogP contribution in [0.5, 0.6) is 11.5 Å². The molecule has 1 N–H and O–H groups in total. The van der Waals surface area contributed by atoms with Crippen LogP contribution >= 0.6 is 0 Å². The van der Waals surface area contributed by atoms with Gasteiger partial charge in [0.15, 0.2) is 11.3 Å². The molecule has 0 spiro atoms. The van der Waals surface area contributed by atoms with Crippen LogP contribution in [0.1, 0.15) is 23.2 Å². The highest BCUT2D eigenvalue weighted by Crippen LogP contribution is 2.25. The number of benzene rings is 2. The number of hydrogen-bond donors (Lipinski definition) is 1. The van der Waals surface area contributed by atoms with E-state index in [0.29, 0.717) is 29.1 Å². The fraction of sp³-hybridized carbons (Fsp3) is 0.304. The summed E-state index contributed by atoms with van der Waals surface area (Å²) in [5, 5.41) is 3.70. The molecule has 1 atom stereocenters. The van der Waals surface area contributed by atoms with Crippen molar-refractivity contribution in [1.82, 2.24) is 5.32 Å². The van der Waals surface area contributed by atoms with Gasteiger partial charge in [-0.1, -0.05) is 12.1 Å². The second kappa shape index (κ2) is 9.00. The molecule has 0 unspecified atom stereocenters. The lowest BCUT2D eigenvalue weighted by Crippen LogP contribution is -2.34. The van der Waals surface area contributed by atoms with Gasteiger partial charge in [-0.3, -0.25) is 4.79 Å². The van der Waals surface area contributed by atoms with Gasteiger partial charge in [0.25, 0.3) is 5.91 Å². The molecule has 156 valence electrons. The van der Waals surface area contributed by atoms with Gasteiger partial charge in [-0.2, -0.15) is 0 Å². The Labute approximate surface area is 174 Å². The summed E-state index contributed by atoms with van der Waals surface area (Å²) in [4.78, 5) is 17.5. The zero-order valence-electron chi connectivity index (χ0n) is 17.0. The van der Waals surface area contributed by atoms with E-state index in [1.165, 1.54) is 0 Å². The lowest BCUT2D eigenvalue weighted by molar-refractivity contribution is 0.0854. The topological polar surface area (TPSA) is 82.3 Å². The predicted molar refractivity (Wildman–Crippen MR) is 112 cm³/mol. The van der Waals surface area contributed by atoms with Crippen molar-refractivity contribution < 1.29 is 23.4 Å². The van der Waals surface area contributed by atoms with E-state index in [-0.39, 0.29) is 17.6 Å². The van der Waals surface area contributed by atoms with Crippen LogP contribution in [0.3, 0.4) is 0 Å². The average molecular weight is 408 g/mol. The summed E-state index contributed by atoms with van der Waals surface area (Å²) in [6, 6.07) is 14.5. The van der Waals surface area contributed by atoms with Crippen LogP contribution in [0, 0.1) is 0 Å². The van der Waals surface area contributed by atoms with E-state index >= 15 is 0 Å². The highest BCUT2D eigenvalue weighted by atomic mass is 16.5. The SMILES string of the molecule is COc1ccc(N=c2oc3c(OC)cccc3cc2C(=O)NC[C@@H]2CCCO2)cc1. The molecule has 4 rings (SSSR count). The van der Waals surface area contributed by atoms with Gasteiger partial charge in [0.05, 0.1) is 26.0 Å². The third-order valence-electron chi connectivity index (χ3n) is 5.02. The second-order valence-electron chi connectivity index (χ2n) is 7.00. The Hall–Kier alpha value is -3.32. The van der Waals surface area contributed by atoms with Crippen molar-refractivity contribution in [2.45, 2.75) is 18.9 Å². The van der Waals surface area contributed by atoms with Gasteiger partial charge in [-0.25, -0.2) is 4.99 Å². The predicted octanol–water partition coefficient (Wildman–Crippen LogP) is 3.59. The van der Waals surface area contributed by atoms with Crippen LogP contribution in [0.15, 0.2) is 57.9 Å². The van der Waals surface area contributed by atoms with Crippen molar-refractivity contribution in [3.63, 3.8) is 0 Å². The fourth-order valence-electron chi connectivity index (χ4n) is 3.41. The Balaban J connectivity index is 1.76. The van der Waals surface area contributed by atoms with Gasteiger partial charge in [0.1, 0.15) is 11.3 Å². The number of methoxy groups -OCH3 is 2. The Morgan fingerprint density at radius 3 is 2.70 bits per heavy atom. The van der Waals surface area contributed by atoms with Crippen LogP contribution in [0.25, 0.3) is 11.0 Å². The number of carbonyl (C=O) groups excluding carboxylic acids is 1. The first-order valence-electron chi connectivity index (χ1n) is 9.87. The van der Waals surface area contributed by atoms with Crippen molar-refractivity contribution in [2.24, 2.45) is 4.99 Å². The highest BCUT2D eigenvalue weighted by molar-refractivity contribution is 5.97. The summed E-state index contributed by atoms with van der Waals surface area (Å²) < 4.78 is 22.3. The molecule has 1 amide bonds. The number of amides is 1. The third kappa shape index (κ3) is 4.31. The molecule has 0 bridgehead atoms. The highest BCUT2D eigenvalue weighted by Gasteiger charge is 2.19. The summed E-state index contributed by atoms with van der Waals surface area (Å²) in [5.41, 5.74) is 1.73. The Morgan fingerprint density at radius 1 is 1.17 bits per heavy atom. The van der Waals surface area contributed by atoms with E-state index in [1.807, 2.05) is 12.1 Å². The summed E-state index contributed by atoms with van der Waals surface area (Å²) in [7, 11) is 3.18. The summed E-state index contributed by atoms with van der Waals surface area (Å²) in [5.74, 6) is 1.04. The molecule has 1 aliphatic rings. The molecule has 2 aromatic carbocycles. The van der Waals surface area contributed by atoms with Gasteiger partial charge >= 0.3 is 0 Å². The minimum Gasteiger partial charge on any atom is -0.497 e. The molecular weight excluding hydrogens is 384 g/mol. The molecule has 7 nitrogen and oxygen atoms in total. The van der Waals surface area contributed by atoms with Crippen molar-refractivity contribution in [1.29, 1.82) is 0 Å². The quantitative estimate of drug-likeness (QED) is 0.674. The fourth-order valence-corrected chi connectivity index (χ4v) is 3.41. The number of rotatable bonds is 6. The number of hydrogen-bond acceptors (Lipinski definition) is 6. The Kier molecular flexibility index (Phi) is 5.99. The van der Waals surface area contributed by atoms with Crippen LogP contribution < -0.4 is 20.3 Å². The standard InChI is InChI=1S/C23H24N2O5/c1-27-17-10-8-16(9-11-17)25-23-19(22(26)24-14-18-6-4-12-29-18)13-15-5-3-7-20(28-2)21(15)30-23/h3,5,7-11,13,18H,4,6,12,14H2,1-2H3,(H,24,26)/t18-/m0/s1. The van der Waals surface area contributed by atoms with Crippen LogP contribution in [-0.2, 0) is 4.74 Å². The largest absolute Gasteiger partial charge is 0.497 e. The third-order valence-corrected chi connectivity index (χ3v) is 5.02. The first kappa shape index (κ1) is 20.0. The van der Waals surface area contributed by atoms with Crippen molar-refractivity contribution in [3.05, 3.63) is 59.6 Å². The molecule has 7 heteroatoms. The number of nitrogens with one attached hydrogen (secondary N) is 1. The zero-order valence-corrected chi connectivity index (χ0v) is 17.0. The van der Waals surface area contributed by atoms with Crippen LogP contribution in [-0.4, -0.2) is 39.4 Å². The summed E-state index contributed by atoms with van der Waals surface area (Å²) in [6.45, 7) is 1.20. The Bertz CT molecular complexity index is 1100. The van der Waals surface area contributed by atoms with Gasteiger partial charge in [0.2, 0.25) is 5.55 Å². The van der Waals surface area contributed by atoms with Crippen molar-refractivity contribution in [2.75, 3.05) is 27.4 Å². The van der Waals surface area contributed by atoms with E-state index in [1.54, 1.807) is 50.6 Å². The number of carbonyl (C=O) groups is 1. The first-order chi connectivity index (χ1) is 14.7. The average Bonchev–Trinajstić information content (AvgIpc) is 3.31. The van der Waals surface area contributed by atoms with Crippen molar-refractivity contribution in [3.8, 4) is 11.5 Å². The molecule has 1 aromatic heterocycles. The van der Waals surface area contributed by atoms with Gasteiger partial charge in [-0.15, -0.1) is 0 Å². The minimum atomic E-state index is -0.258. The number of nitrogens with zero attached hydrogens (tertiary/aromatic N) is 1. The molecule has 2 heterocycles. The van der Waals surface area contributed by atoms with Gasteiger partial charge in [0, 0.05) is 18.5 Å².